The Kier molecular flexibility index (Phi) is 3.52. The molecule has 5 fully saturated rings. The van der Waals surface area contributed by atoms with Crippen LogP contribution in [-0.4, -0.2) is 23.4 Å². The van der Waals surface area contributed by atoms with Gasteiger partial charge in [0.1, 0.15) is 0 Å². The lowest BCUT2D eigenvalue weighted by Gasteiger charge is -2.57. The number of amides is 2. The van der Waals surface area contributed by atoms with Crippen LogP contribution in [-0.2, 0) is 9.59 Å². The van der Waals surface area contributed by atoms with Crippen LogP contribution in [0.25, 0.3) is 0 Å². The van der Waals surface area contributed by atoms with Gasteiger partial charge in [-0.25, -0.2) is 4.90 Å². The average Bonchev–Trinajstić information content (AvgIpc) is 2.80. The summed E-state index contributed by atoms with van der Waals surface area (Å²) in [5.74, 6) is 2.23. The number of carbonyl (C=O) groups excluding carboxylic acids is 2. The summed E-state index contributed by atoms with van der Waals surface area (Å²) in [6.45, 7) is 0. The van der Waals surface area contributed by atoms with E-state index in [9.17, 15) is 9.59 Å². The number of halogens is 1. The normalized spacial score (nSPS) is 39.5. The van der Waals surface area contributed by atoms with Gasteiger partial charge in [-0.3, -0.25) is 14.9 Å². The van der Waals surface area contributed by atoms with E-state index in [2.05, 4.69) is 5.32 Å². The van der Waals surface area contributed by atoms with Gasteiger partial charge in [0, 0.05) is 10.6 Å². The second kappa shape index (κ2) is 5.55. The summed E-state index contributed by atoms with van der Waals surface area (Å²) in [4.78, 5) is 26.8. The van der Waals surface area contributed by atoms with E-state index >= 15 is 0 Å². The molecule has 0 spiro atoms. The summed E-state index contributed by atoms with van der Waals surface area (Å²) in [5, 5.41) is 4.28. The van der Waals surface area contributed by atoms with Crippen LogP contribution in [0.2, 0.25) is 5.02 Å². The van der Waals surface area contributed by atoms with Crippen molar-refractivity contribution in [1.82, 2.24) is 5.32 Å². The van der Waals surface area contributed by atoms with Gasteiger partial charge in [-0.15, -0.1) is 0 Å². The van der Waals surface area contributed by atoms with Crippen LogP contribution in [0.4, 0.5) is 5.69 Å². The first-order valence-corrected chi connectivity index (χ1v) is 9.79. The van der Waals surface area contributed by atoms with E-state index < -0.39 is 0 Å². The highest BCUT2D eigenvalue weighted by molar-refractivity contribution is 6.30. The fourth-order valence-corrected chi connectivity index (χ4v) is 6.39. The third-order valence-corrected chi connectivity index (χ3v) is 7.00. The summed E-state index contributed by atoms with van der Waals surface area (Å²) in [7, 11) is 0. The third-order valence-electron chi connectivity index (χ3n) is 6.75. The zero-order valence-corrected chi connectivity index (χ0v) is 15.0. The molecule has 1 aromatic rings. The molecule has 6 rings (SSSR count). The molecule has 5 aliphatic rings. The zero-order valence-electron chi connectivity index (χ0n) is 14.2. The molecule has 1 saturated heterocycles. The van der Waals surface area contributed by atoms with Crippen molar-refractivity contribution in [2.24, 2.45) is 17.8 Å². The monoisotopic (exact) mass is 358 g/mol. The Bertz CT molecular complexity index is 694. The number of rotatable bonds is 3. The van der Waals surface area contributed by atoms with Crippen LogP contribution in [0.5, 0.6) is 0 Å². The molecule has 4 saturated carbocycles. The van der Waals surface area contributed by atoms with Crippen molar-refractivity contribution in [2.75, 3.05) is 4.90 Å². The lowest BCUT2D eigenvalue weighted by Crippen LogP contribution is -2.61. The molecular formula is C20H23ClN2O2. The third kappa shape index (κ3) is 2.61. The summed E-state index contributed by atoms with van der Waals surface area (Å²) < 4.78 is 0. The van der Waals surface area contributed by atoms with Crippen molar-refractivity contribution >= 4 is 29.1 Å². The van der Waals surface area contributed by atoms with Crippen molar-refractivity contribution in [1.29, 1.82) is 0 Å². The first-order valence-electron chi connectivity index (χ1n) is 9.41. The van der Waals surface area contributed by atoms with Crippen LogP contribution >= 0.6 is 11.6 Å². The standard InChI is InChI=1S/C20H23ClN2O2/c21-15-1-3-16(4-2-15)23-18(24)8-17(19(23)25)22-20-9-12-5-13(10-20)7-14(6-12)11-20/h1-4,12-14,17,22H,5-11H2/t12?,13?,14?,17-,20?/m0/s1. The maximum Gasteiger partial charge on any atom is 0.251 e. The van der Waals surface area contributed by atoms with Crippen LogP contribution in [0.15, 0.2) is 24.3 Å². The quantitative estimate of drug-likeness (QED) is 0.841. The van der Waals surface area contributed by atoms with E-state index in [0.717, 1.165) is 17.8 Å². The first-order chi connectivity index (χ1) is 12.0. The van der Waals surface area contributed by atoms with Crippen LogP contribution < -0.4 is 10.2 Å². The van der Waals surface area contributed by atoms with Gasteiger partial charge in [0.2, 0.25) is 5.91 Å². The van der Waals surface area contributed by atoms with Gasteiger partial charge in [-0.05, 0) is 80.5 Å². The number of hydrogen-bond donors (Lipinski definition) is 1. The van der Waals surface area contributed by atoms with E-state index in [1.165, 1.54) is 43.4 Å². The molecule has 1 atom stereocenters. The Hall–Kier alpha value is -1.39. The Balaban J connectivity index is 1.36. The molecule has 4 nitrogen and oxygen atoms in total. The molecule has 132 valence electrons. The Labute approximate surface area is 152 Å². The molecule has 0 radical (unpaired) electrons. The number of hydrogen-bond acceptors (Lipinski definition) is 3. The summed E-state index contributed by atoms with van der Waals surface area (Å²) >= 11 is 5.92. The second-order valence-corrected chi connectivity index (χ2v) is 9.08. The van der Waals surface area contributed by atoms with Gasteiger partial charge >= 0.3 is 0 Å². The molecule has 25 heavy (non-hydrogen) atoms. The molecule has 0 unspecified atom stereocenters. The van der Waals surface area contributed by atoms with Gasteiger partial charge in [0.15, 0.2) is 0 Å². The topological polar surface area (TPSA) is 49.4 Å². The number of imide groups is 1. The smallest absolute Gasteiger partial charge is 0.251 e. The van der Waals surface area contributed by atoms with Crippen LogP contribution in [0, 0.1) is 17.8 Å². The fraction of sp³-hybridized carbons (Fsp3) is 0.600. The second-order valence-electron chi connectivity index (χ2n) is 8.64. The number of anilines is 1. The van der Waals surface area contributed by atoms with Crippen molar-refractivity contribution in [3.8, 4) is 0 Å². The predicted molar refractivity (Wildman–Crippen MR) is 96.4 cm³/mol. The summed E-state index contributed by atoms with van der Waals surface area (Å²) in [5.41, 5.74) is 0.708. The molecule has 1 heterocycles. The van der Waals surface area contributed by atoms with Gasteiger partial charge in [0.25, 0.3) is 5.91 Å². The van der Waals surface area contributed by atoms with E-state index in [1.54, 1.807) is 24.3 Å². The maximum atomic E-state index is 12.9. The molecule has 4 bridgehead atoms. The SMILES string of the molecule is O=C1C[C@H](NC23CC4CC(CC(C4)C2)C3)C(=O)N1c1ccc(Cl)cc1. The van der Waals surface area contributed by atoms with Crippen molar-refractivity contribution < 1.29 is 9.59 Å². The van der Waals surface area contributed by atoms with Gasteiger partial charge < -0.3 is 0 Å². The highest BCUT2D eigenvalue weighted by Crippen LogP contribution is 2.55. The Morgan fingerprint density at radius 2 is 1.52 bits per heavy atom. The molecular weight excluding hydrogens is 336 g/mol. The van der Waals surface area contributed by atoms with Crippen molar-refractivity contribution in [3.63, 3.8) is 0 Å². The Morgan fingerprint density at radius 1 is 0.960 bits per heavy atom. The van der Waals surface area contributed by atoms with Gasteiger partial charge in [-0.1, -0.05) is 11.6 Å². The largest absolute Gasteiger partial charge is 0.300 e. The lowest BCUT2D eigenvalue weighted by molar-refractivity contribution is -0.122. The van der Waals surface area contributed by atoms with E-state index in [1.807, 2.05) is 0 Å². The molecule has 1 aliphatic heterocycles. The molecule has 1 N–H and O–H groups in total. The molecule has 4 aliphatic carbocycles. The molecule has 0 aromatic heterocycles. The molecule has 5 heteroatoms. The highest BCUT2D eigenvalue weighted by atomic mass is 35.5. The van der Waals surface area contributed by atoms with Crippen molar-refractivity contribution in [2.45, 2.75) is 56.5 Å². The minimum Gasteiger partial charge on any atom is -0.300 e. The van der Waals surface area contributed by atoms with Gasteiger partial charge in [0.05, 0.1) is 18.2 Å². The van der Waals surface area contributed by atoms with Crippen LogP contribution in [0.1, 0.15) is 44.9 Å². The number of nitrogens with zero attached hydrogens (tertiary/aromatic N) is 1. The average molecular weight is 359 g/mol. The highest BCUT2D eigenvalue weighted by Gasteiger charge is 2.53. The Morgan fingerprint density at radius 3 is 2.08 bits per heavy atom. The number of carbonyl (C=O) groups is 2. The fourth-order valence-electron chi connectivity index (χ4n) is 6.26. The predicted octanol–water partition coefficient (Wildman–Crippen LogP) is 3.53. The van der Waals surface area contributed by atoms with E-state index in [4.69, 9.17) is 11.6 Å². The van der Waals surface area contributed by atoms with Crippen molar-refractivity contribution in [3.05, 3.63) is 29.3 Å². The number of nitrogens with one attached hydrogen (secondary N) is 1. The zero-order chi connectivity index (χ0) is 17.2. The summed E-state index contributed by atoms with van der Waals surface area (Å²) in [6, 6.07) is 6.55. The van der Waals surface area contributed by atoms with E-state index in [0.29, 0.717) is 10.7 Å². The molecule has 2 amide bonds. The number of benzene rings is 1. The molecule has 1 aromatic carbocycles. The summed E-state index contributed by atoms with van der Waals surface area (Å²) in [6.07, 6.45) is 7.91. The minimum absolute atomic E-state index is 0.0887. The van der Waals surface area contributed by atoms with Gasteiger partial charge in [-0.2, -0.15) is 0 Å². The van der Waals surface area contributed by atoms with E-state index in [-0.39, 0.29) is 29.8 Å². The maximum absolute atomic E-state index is 12.9. The van der Waals surface area contributed by atoms with Crippen LogP contribution in [0.3, 0.4) is 0 Å². The lowest BCUT2D eigenvalue weighted by atomic mass is 9.53. The minimum atomic E-state index is -0.376. The first kappa shape index (κ1) is 15.8.